The number of piperidine rings is 1. The van der Waals surface area contributed by atoms with Gasteiger partial charge in [0, 0.05) is 39.3 Å². The molecule has 1 fully saturated rings. The number of carbonyl (C=O) groups excluding carboxylic acids is 1. The van der Waals surface area contributed by atoms with Gasteiger partial charge in [-0.25, -0.2) is 0 Å². The number of carbonyl (C=O) groups is 1. The Morgan fingerprint density at radius 1 is 1.47 bits per heavy atom. The molecule has 0 aromatic heterocycles. The van der Waals surface area contributed by atoms with Crippen molar-refractivity contribution in [1.82, 2.24) is 4.90 Å². The molecule has 1 aliphatic rings. The maximum atomic E-state index is 12.0. The molecule has 0 aromatic carbocycles. The second kappa shape index (κ2) is 7.67. The summed E-state index contributed by atoms with van der Waals surface area (Å²) in [6.07, 6.45) is 3.65. The van der Waals surface area contributed by atoms with Crippen LogP contribution in [0.3, 0.4) is 0 Å². The first kappa shape index (κ1) is 14.5. The van der Waals surface area contributed by atoms with E-state index in [2.05, 4.69) is 6.92 Å². The van der Waals surface area contributed by atoms with Crippen LogP contribution in [-0.2, 0) is 14.3 Å². The number of hydrogen-bond acceptors (Lipinski definition) is 3. The molecule has 4 nitrogen and oxygen atoms in total. The minimum absolute atomic E-state index is 0.256. The Bertz CT molecular complexity index is 233. The maximum Gasteiger partial charge on any atom is 0.222 e. The SMILES string of the molecule is CCOCCCC(=O)N1CC[C@H](OC)C[C@H]1C. The lowest BCUT2D eigenvalue weighted by molar-refractivity contribution is -0.136. The van der Waals surface area contributed by atoms with Crippen LogP contribution in [0.2, 0.25) is 0 Å². The zero-order valence-corrected chi connectivity index (χ0v) is 11.3. The number of amides is 1. The lowest BCUT2D eigenvalue weighted by Gasteiger charge is -2.37. The van der Waals surface area contributed by atoms with E-state index in [1.54, 1.807) is 7.11 Å². The molecule has 1 rings (SSSR count). The van der Waals surface area contributed by atoms with Crippen LogP contribution in [-0.4, -0.2) is 49.8 Å². The van der Waals surface area contributed by atoms with Gasteiger partial charge in [-0.3, -0.25) is 4.79 Å². The monoisotopic (exact) mass is 243 g/mol. The van der Waals surface area contributed by atoms with Crippen LogP contribution in [0.25, 0.3) is 0 Å². The highest BCUT2D eigenvalue weighted by atomic mass is 16.5. The highest BCUT2D eigenvalue weighted by Gasteiger charge is 2.28. The molecule has 0 aromatic rings. The molecule has 1 amide bonds. The van der Waals surface area contributed by atoms with Crippen molar-refractivity contribution in [3.63, 3.8) is 0 Å². The molecule has 0 saturated carbocycles. The molecular weight excluding hydrogens is 218 g/mol. The van der Waals surface area contributed by atoms with E-state index in [0.717, 1.165) is 32.4 Å². The Balaban J connectivity index is 2.27. The van der Waals surface area contributed by atoms with Gasteiger partial charge in [-0.05, 0) is 33.1 Å². The van der Waals surface area contributed by atoms with Crippen molar-refractivity contribution in [2.75, 3.05) is 26.9 Å². The average molecular weight is 243 g/mol. The molecule has 4 heteroatoms. The van der Waals surface area contributed by atoms with E-state index in [4.69, 9.17) is 9.47 Å². The number of likely N-dealkylation sites (tertiary alicyclic amines) is 1. The van der Waals surface area contributed by atoms with Crippen molar-refractivity contribution in [3.05, 3.63) is 0 Å². The predicted molar refractivity (Wildman–Crippen MR) is 66.9 cm³/mol. The second-order valence-corrected chi connectivity index (χ2v) is 4.62. The Hall–Kier alpha value is -0.610. The van der Waals surface area contributed by atoms with Gasteiger partial charge in [0.05, 0.1) is 6.10 Å². The first-order valence-electron chi connectivity index (χ1n) is 6.59. The van der Waals surface area contributed by atoms with Crippen LogP contribution in [0.5, 0.6) is 0 Å². The fourth-order valence-corrected chi connectivity index (χ4v) is 2.33. The van der Waals surface area contributed by atoms with Crippen molar-refractivity contribution in [3.8, 4) is 0 Å². The maximum absolute atomic E-state index is 12.0. The van der Waals surface area contributed by atoms with Crippen molar-refractivity contribution >= 4 is 5.91 Å². The lowest BCUT2D eigenvalue weighted by atomic mass is 10.00. The van der Waals surface area contributed by atoms with Gasteiger partial charge in [0.25, 0.3) is 0 Å². The summed E-state index contributed by atoms with van der Waals surface area (Å²) in [5, 5.41) is 0. The Morgan fingerprint density at radius 2 is 2.24 bits per heavy atom. The van der Waals surface area contributed by atoms with Gasteiger partial charge in [-0.15, -0.1) is 0 Å². The minimum Gasteiger partial charge on any atom is -0.382 e. The number of rotatable bonds is 6. The number of ether oxygens (including phenoxy) is 2. The molecule has 0 radical (unpaired) electrons. The summed E-state index contributed by atoms with van der Waals surface area (Å²) < 4.78 is 10.6. The van der Waals surface area contributed by atoms with Crippen molar-refractivity contribution < 1.29 is 14.3 Å². The normalized spacial score (nSPS) is 25.0. The Labute approximate surface area is 104 Å². The van der Waals surface area contributed by atoms with Crippen molar-refractivity contribution in [2.24, 2.45) is 0 Å². The van der Waals surface area contributed by atoms with Gasteiger partial charge >= 0.3 is 0 Å². The highest BCUT2D eigenvalue weighted by molar-refractivity contribution is 5.76. The topological polar surface area (TPSA) is 38.8 Å². The van der Waals surface area contributed by atoms with Crippen LogP contribution >= 0.6 is 0 Å². The molecule has 100 valence electrons. The van der Waals surface area contributed by atoms with E-state index < -0.39 is 0 Å². The summed E-state index contributed by atoms with van der Waals surface area (Å²) in [6, 6.07) is 0.299. The fraction of sp³-hybridized carbons (Fsp3) is 0.923. The molecule has 0 spiro atoms. The highest BCUT2D eigenvalue weighted by Crippen LogP contribution is 2.20. The summed E-state index contributed by atoms with van der Waals surface area (Å²) in [5.74, 6) is 0.256. The predicted octanol–water partition coefficient (Wildman–Crippen LogP) is 1.83. The van der Waals surface area contributed by atoms with Crippen LogP contribution in [0.4, 0.5) is 0 Å². The number of nitrogens with zero attached hydrogens (tertiary/aromatic N) is 1. The number of methoxy groups -OCH3 is 1. The van der Waals surface area contributed by atoms with Crippen LogP contribution in [0.1, 0.15) is 39.5 Å². The molecule has 1 saturated heterocycles. The first-order chi connectivity index (χ1) is 8.19. The summed E-state index contributed by atoms with van der Waals surface area (Å²) in [6.45, 7) is 6.31. The lowest BCUT2D eigenvalue weighted by Crippen LogP contribution is -2.46. The second-order valence-electron chi connectivity index (χ2n) is 4.62. The van der Waals surface area contributed by atoms with Gasteiger partial charge in [0.2, 0.25) is 5.91 Å². The smallest absolute Gasteiger partial charge is 0.222 e. The quantitative estimate of drug-likeness (QED) is 0.668. The fourth-order valence-electron chi connectivity index (χ4n) is 2.33. The standard InChI is InChI=1S/C13H25NO3/c1-4-17-9-5-6-13(15)14-8-7-12(16-3)10-11(14)2/h11-12H,4-10H2,1-3H3/t11-,12+/m1/s1. The van der Waals surface area contributed by atoms with Gasteiger partial charge in [0.15, 0.2) is 0 Å². The molecule has 17 heavy (non-hydrogen) atoms. The Morgan fingerprint density at radius 3 is 2.82 bits per heavy atom. The molecule has 1 heterocycles. The van der Waals surface area contributed by atoms with Crippen LogP contribution in [0.15, 0.2) is 0 Å². The van der Waals surface area contributed by atoms with E-state index in [1.165, 1.54) is 0 Å². The van der Waals surface area contributed by atoms with Crippen molar-refractivity contribution in [2.45, 2.75) is 51.7 Å². The van der Waals surface area contributed by atoms with Gasteiger partial charge in [-0.1, -0.05) is 0 Å². The molecule has 0 aliphatic carbocycles. The van der Waals surface area contributed by atoms with Crippen LogP contribution < -0.4 is 0 Å². The third-order valence-corrected chi connectivity index (χ3v) is 3.37. The molecule has 0 N–H and O–H groups in total. The summed E-state index contributed by atoms with van der Waals surface area (Å²) in [7, 11) is 1.75. The zero-order valence-electron chi connectivity index (χ0n) is 11.3. The third kappa shape index (κ3) is 4.64. The zero-order chi connectivity index (χ0) is 12.7. The van der Waals surface area contributed by atoms with Crippen LogP contribution in [0, 0.1) is 0 Å². The largest absolute Gasteiger partial charge is 0.382 e. The van der Waals surface area contributed by atoms with Gasteiger partial charge < -0.3 is 14.4 Å². The summed E-state index contributed by atoms with van der Waals surface area (Å²) in [4.78, 5) is 14.0. The van der Waals surface area contributed by atoms with E-state index in [1.807, 2.05) is 11.8 Å². The molecule has 0 unspecified atom stereocenters. The van der Waals surface area contributed by atoms with Gasteiger partial charge in [-0.2, -0.15) is 0 Å². The van der Waals surface area contributed by atoms with Crippen molar-refractivity contribution in [1.29, 1.82) is 0 Å². The molecular formula is C13H25NO3. The van der Waals surface area contributed by atoms with E-state index in [9.17, 15) is 4.79 Å². The molecule has 2 atom stereocenters. The molecule has 0 bridgehead atoms. The Kier molecular flexibility index (Phi) is 6.52. The number of hydrogen-bond donors (Lipinski definition) is 0. The average Bonchev–Trinajstić information content (AvgIpc) is 2.34. The summed E-state index contributed by atoms with van der Waals surface area (Å²) >= 11 is 0. The van der Waals surface area contributed by atoms with Gasteiger partial charge in [0.1, 0.15) is 0 Å². The first-order valence-corrected chi connectivity index (χ1v) is 6.59. The van der Waals surface area contributed by atoms with E-state index >= 15 is 0 Å². The summed E-state index contributed by atoms with van der Waals surface area (Å²) in [5.41, 5.74) is 0. The van der Waals surface area contributed by atoms with E-state index in [0.29, 0.717) is 25.2 Å². The van der Waals surface area contributed by atoms with E-state index in [-0.39, 0.29) is 5.91 Å². The third-order valence-electron chi connectivity index (χ3n) is 3.37. The molecule has 1 aliphatic heterocycles. The minimum atomic E-state index is 0.256.